The van der Waals surface area contributed by atoms with Crippen LogP contribution in [0.5, 0.6) is 0 Å². The van der Waals surface area contributed by atoms with Gasteiger partial charge >= 0.3 is 5.97 Å². The fraction of sp³-hybridized carbons (Fsp3) is 0.333. The summed E-state index contributed by atoms with van der Waals surface area (Å²) in [6, 6.07) is 5.38. The Kier molecular flexibility index (Phi) is 6.13. The Hall–Kier alpha value is -1.64. The number of methoxy groups -OCH3 is 1. The van der Waals surface area contributed by atoms with E-state index >= 15 is 0 Å². The van der Waals surface area contributed by atoms with Gasteiger partial charge in [0.25, 0.3) is 0 Å². The van der Waals surface area contributed by atoms with E-state index in [1.54, 1.807) is 0 Å². The number of carboxylic acid groups (broad SMARTS) is 1. The molecular weight excluding hydrogens is 322 g/mol. The average Bonchev–Trinajstić information content (AvgIpc) is 2.38. The maximum atomic E-state index is 12.0. The largest absolute Gasteiger partial charge is 0.479 e. The lowest BCUT2D eigenvalue weighted by atomic mass is 10.3. The summed E-state index contributed by atoms with van der Waals surface area (Å²) in [6.45, 7) is -0.319. The molecule has 0 saturated heterocycles. The van der Waals surface area contributed by atoms with Crippen molar-refractivity contribution in [3.8, 4) is 0 Å². The highest BCUT2D eigenvalue weighted by Gasteiger charge is 2.22. The molecular formula is C12H14ClNO6S. The Balaban J connectivity index is 2.65. The van der Waals surface area contributed by atoms with Gasteiger partial charge in [-0.05, 0) is 24.3 Å². The minimum atomic E-state index is -3.81. The van der Waals surface area contributed by atoms with Gasteiger partial charge in [-0.1, -0.05) is 11.6 Å². The van der Waals surface area contributed by atoms with E-state index in [2.05, 4.69) is 10.1 Å². The van der Waals surface area contributed by atoms with Gasteiger partial charge in [-0.2, -0.15) is 0 Å². The lowest BCUT2D eigenvalue weighted by Gasteiger charge is -2.11. The Morgan fingerprint density at radius 2 is 1.90 bits per heavy atom. The molecule has 0 aliphatic rings. The number of hydrogen-bond donors (Lipinski definition) is 2. The van der Waals surface area contributed by atoms with Gasteiger partial charge < -0.3 is 15.2 Å². The second-order valence-electron chi connectivity index (χ2n) is 4.08. The summed E-state index contributed by atoms with van der Waals surface area (Å²) in [4.78, 5) is 22.2. The molecule has 21 heavy (non-hydrogen) atoms. The van der Waals surface area contributed by atoms with Gasteiger partial charge in [-0.3, -0.25) is 4.79 Å². The summed E-state index contributed by atoms with van der Waals surface area (Å²) in [5, 5.41) is 11.3. The van der Waals surface area contributed by atoms with E-state index in [0.29, 0.717) is 5.02 Å². The number of sulfone groups is 1. The highest BCUT2D eigenvalue weighted by molar-refractivity contribution is 7.92. The van der Waals surface area contributed by atoms with Crippen molar-refractivity contribution < 1.29 is 27.9 Å². The van der Waals surface area contributed by atoms with E-state index in [0.717, 1.165) is 0 Å². The topological polar surface area (TPSA) is 110 Å². The van der Waals surface area contributed by atoms with Crippen LogP contribution in [-0.2, 0) is 24.2 Å². The first kappa shape index (κ1) is 17.4. The van der Waals surface area contributed by atoms with Crippen molar-refractivity contribution in [3.05, 3.63) is 29.3 Å². The number of carboxylic acids is 1. The van der Waals surface area contributed by atoms with Crippen molar-refractivity contribution in [3.63, 3.8) is 0 Å². The van der Waals surface area contributed by atoms with E-state index in [9.17, 15) is 18.0 Å². The van der Waals surface area contributed by atoms with Crippen LogP contribution in [0.3, 0.4) is 0 Å². The van der Waals surface area contributed by atoms with Crippen molar-refractivity contribution in [2.75, 3.05) is 19.4 Å². The smallest absolute Gasteiger partial charge is 0.334 e. The van der Waals surface area contributed by atoms with Crippen LogP contribution in [0.15, 0.2) is 29.2 Å². The fourth-order valence-corrected chi connectivity index (χ4v) is 2.72. The maximum Gasteiger partial charge on any atom is 0.334 e. The Labute approximate surface area is 126 Å². The van der Waals surface area contributed by atoms with Gasteiger partial charge in [0.1, 0.15) is 5.75 Å². The third kappa shape index (κ3) is 5.33. The molecule has 116 valence electrons. The van der Waals surface area contributed by atoms with E-state index in [4.69, 9.17) is 16.7 Å². The SMILES string of the molecule is COC(CNC(=O)CS(=O)(=O)c1ccc(Cl)cc1)C(=O)O. The minimum absolute atomic E-state index is 0.0384. The third-order valence-electron chi connectivity index (χ3n) is 2.54. The van der Waals surface area contributed by atoms with Gasteiger partial charge in [-0.25, -0.2) is 13.2 Å². The summed E-state index contributed by atoms with van der Waals surface area (Å²) < 4.78 is 28.5. The van der Waals surface area contributed by atoms with E-state index in [-0.39, 0.29) is 11.4 Å². The predicted octanol–water partition coefficient (Wildman–Crippen LogP) is 0.330. The van der Waals surface area contributed by atoms with Crippen LogP contribution in [0.4, 0.5) is 0 Å². The molecule has 1 atom stereocenters. The van der Waals surface area contributed by atoms with E-state index in [1.165, 1.54) is 31.4 Å². The van der Waals surface area contributed by atoms with Crippen LogP contribution in [0.2, 0.25) is 5.02 Å². The summed E-state index contributed by atoms with van der Waals surface area (Å²) in [6.07, 6.45) is -1.23. The van der Waals surface area contributed by atoms with Gasteiger partial charge in [0, 0.05) is 12.1 Å². The molecule has 0 bridgehead atoms. The molecule has 0 spiro atoms. The Bertz CT molecular complexity index is 613. The first-order valence-corrected chi connectivity index (χ1v) is 7.80. The standard InChI is InChI=1S/C12H14ClNO6S/c1-20-10(12(16)17)6-14-11(15)7-21(18,19)9-4-2-8(13)3-5-9/h2-5,10H,6-7H2,1H3,(H,14,15)(H,16,17). The summed E-state index contributed by atoms with van der Waals surface area (Å²) in [5.74, 6) is -2.85. The molecule has 1 aromatic rings. The quantitative estimate of drug-likeness (QED) is 0.743. The first-order valence-electron chi connectivity index (χ1n) is 5.77. The summed E-state index contributed by atoms with van der Waals surface area (Å²) in [7, 11) is -2.63. The molecule has 1 amide bonds. The molecule has 1 aromatic carbocycles. The number of halogens is 1. The fourth-order valence-electron chi connectivity index (χ4n) is 1.43. The van der Waals surface area contributed by atoms with E-state index in [1.807, 2.05) is 0 Å². The Morgan fingerprint density at radius 3 is 2.38 bits per heavy atom. The molecule has 2 N–H and O–H groups in total. The van der Waals surface area contributed by atoms with Gasteiger partial charge in [-0.15, -0.1) is 0 Å². The molecule has 1 unspecified atom stereocenters. The molecule has 0 aliphatic heterocycles. The molecule has 1 rings (SSSR count). The zero-order chi connectivity index (χ0) is 16.0. The number of aliphatic carboxylic acids is 1. The molecule has 0 fully saturated rings. The normalized spacial score (nSPS) is 12.7. The van der Waals surface area contributed by atoms with Gasteiger partial charge in [0.15, 0.2) is 15.9 Å². The summed E-state index contributed by atoms with van der Waals surface area (Å²) in [5.41, 5.74) is 0. The zero-order valence-corrected chi connectivity index (χ0v) is 12.6. The average molecular weight is 336 g/mol. The van der Waals surface area contributed by atoms with Crippen LogP contribution < -0.4 is 5.32 Å². The predicted molar refractivity (Wildman–Crippen MR) is 74.9 cm³/mol. The number of carbonyl (C=O) groups excluding carboxylic acids is 1. The molecule has 0 aromatic heterocycles. The lowest BCUT2D eigenvalue weighted by molar-refractivity contribution is -0.148. The van der Waals surface area contributed by atoms with Crippen LogP contribution >= 0.6 is 11.6 Å². The first-order chi connectivity index (χ1) is 9.76. The molecule has 0 radical (unpaired) electrons. The van der Waals surface area contributed by atoms with Crippen LogP contribution in [0.25, 0.3) is 0 Å². The molecule has 0 aliphatic carbocycles. The molecule has 9 heteroatoms. The second kappa shape index (κ2) is 7.39. The molecule has 0 saturated carbocycles. The third-order valence-corrected chi connectivity index (χ3v) is 4.42. The second-order valence-corrected chi connectivity index (χ2v) is 6.51. The van der Waals surface area contributed by atoms with E-state index < -0.39 is 33.6 Å². The van der Waals surface area contributed by atoms with Crippen LogP contribution in [0, 0.1) is 0 Å². The number of hydrogen-bond acceptors (Lipinski definition) is 5. The highest BCUT2D eigenvalue weighted by Crippen LogP contribution is 2.15. The number of amides is 1. The van der Waals surface area contributed by atoms with Crippen molar-refractivity contribution in [2.24, 2.45) is 0 Å². The number of nitrogens with one attached hydrogen (secondary N) is 1. The van der Waals surface area contributed by atoms with Crippen molar-refractivity contribution >= 4 is 33.3 Å². The minimum Gasteiger partial charge on any atom is -0.479 e. The summed E-state index contributed by atoms with van der Waals surface area (Å²) >= 11 is 5.65. The highest BCUT2D eigenvalue weighted by atomic mass is 35.5. The maximum absolute atomic E-state index is 12.0. The monoisotopic (exact) mass is 335 g/mol. The number of benzene rings is 1. The van der Waals surface area contributed by atoms with Gasteiger partial charge in [0.2, 0.25) is 5.91 Å². The van der Waals surface area contributed by atoms with Crippen LogP contribution in [-0.4, -0.2) is 50.9 Å². The number of ether oxygens (including phenoxy) is 1. The van der Waals surface area contributed by atoms with Crippen molar-refractivity contribution in [1.82, 2.24) is 5.32 Å². The Morgan fingerprint density at radius 1 is 1.33 bits per heavy atom. The lowest BCUT2D eigenvalue weighted by Crippen LogP contribution is -2.40. The number of carbonyl (C=O) groups is 2. The molecule has 7 nitrogen and oxygen atoms in total. The van der Waals surface area contributed by atoms with Gasteiger partial charge in [0.05, 0.1) is 11.4 Å². The number of rotatable bonds is 7. The molecule has 0 heterocycles. The van der Waals surface area contributed by atoms with Crippen LogP contribution in [0.1, 0.15) is 0 Å². The van der Waals surface area contributed by atoms with Crippen molar-refractivity contribution in [1.29, 1.82) is 0 Å². The zero-order valence-electron chi connectivity index (χ0n) is 11.1. The van der Waals surface area contributed by atoms with Crippen molar-refractivity contribution in [2.45, 2.75) is 11.0 Å².